The molecule has 2 aliphatic heterocycles. The van der Waals surface area contributed by atoms with Crippen LogP contribution in [0.3, 0.4) is 0 Å². The second-order valence-corrected chi connectivity index (χ2v) is 5.30. The monoisotopic (exact) mass is 294 g/mol. The summed E-state index contributed by atoms with van der Waals surface area (Å²) in [4.78, 5) is 12.5. The number of hydrogen-bond donors (Lipinski definition) is 3. The first-order chi connectivity index (χ1) is 10.1. The smallest absolute Gasteiger partial charge is 0.254 e. The van der Waals surface area contributed by atoms with E-state index in [2.05, 4.69) is 5.32 Å². The van der Waals surface area contributed by atoms with E-state index >= 15 is 0 Å². The summed E-state index contributed by atoms with van der Waals surface area (Å²) in [5.41, 5.74) is 5.88. The fraction of sp³-hybridized carbons (Fsp3) is 0.500. The Hall–Kier alpha value is -1.99. The zero-order valence-electron chi connectivity index (χ0n) is 11.6. The summed E-state index contributed by atoms with van der Waals surface area (Å²) in [6, 6.07) is 3.14. The van der Waals surface area contributed by atoms with Crippen molar-refractivity contribution in [3.8, 4) is 11.5 Å². The van der Waals surface area contributed by atoms with E-state index in [1.807, 2.05) is 0 Å². The van der Waals surface area contributed by atoms with Crippen LogP contribution in [0, 0.1) is 0 Å². The largest absolute Gasteiger partial charge is 0.454 e. The molecular weight excluding hydrogens is 276 g/mol. The topological polar surface area (TPSA) is 103 Å². The lowest BCUT2D eigenvalue weighted by molar-refractivity contribution is 0.0125. The summed E-state index contributed by atoms with van der Waals surface area (Å²) in [6.07, 6.45) is 1.14. The van der Waals surface area contributed by atoms with E-state index in [1.54, 1.807) is 12.1 Å². The second kappa shape index (κ2) is 5.42. The third-order valence-corrected chi connectivity index (χ3v) is 3.92. The van der Waals surface area contributed by atoms with Crippen molar-refractivity contribution in [2.24, 2.45) is 0 Å². The number of aliphatic hydroxyl groups is 1. The van der Waals surface area contributed by atoms with Crippen LogP contribution in [0.25, 0.3) is 0 Å². The molecule has 4 N–H and O–H groups in total. The van der Waals surface area contributed by atoms with Crippen LogP contribution in [0.4, 0.5) is 5.69 Å². The van der Waals surface area contributed by atoms with Gasteiger partial charge in [-0.05, 0) is 18.9 Å². The van der Waals surface area contributed by atoms with E-state index in [9.17, 15) is 9.90 Å². The lowest BCUT2D eigenvalue weighted by Crippen LogP contribution is -2.54. The lowest BCUT2D eigenvalue weighted by atomic mass is 9.90. The first-order valence-corrected chi connectivity index (χ1v) is 6.84. The van der Waals surface area contributed by atoms with Crippen LogP contribution in [-0.4, -0.2) is 43.2 Å². The van der Waals surface area contributed by atoms with Gasteiger partial charge in [-0.3, -0.25) is 4.79 Å². The molecule has 0 aliphatic carbocycles. The minimum absolute atomic E-state index is 0.123. The molecule has 0 saturated carbocycles. The molecule has 1 amide bonds. The lowest BCUT2D eigenvalue weighted by Gasteiger charge is -2.36. The van der Waals surface area contributed by atoms with Crippen LogP contribution in [0.2, 0.25) is 0 Å². The molecular formula is C14H18N2O5. The number of amides is 1. The minimum Gasteiger partial charge on any atom is -0.454 e. The Bertz CT molecular complexity index is 555. The molecule has 1 aromatic rings. The molecule has 0 atom stereocenters. The molecule has 114 valence electrons. The number of fused-ring (bicyclic) bond motifs is 1. The van der Waals surface area contributed by atoms with Gasteiger partial charge in [0.1, 0.15) is 0 Å². The third kappa shape index (κ3) is 2.62. The van der Waals surface area contributed by atoms with Crippen LogP contribution >= 0.6 is 0 Å². The van der Waals surface area contributed by atoms with E-state index in [0.717, 1.165) is 0 Å². The summed E-state index contributed by atoms with van der Waals surface area (Å²) in [6.45, 7) is 1.01. The van der Waals surface area contributed by atoms with Crippen LogP contribution in [0.1, 0.15) is 23.2 Å². The van der Waals surface area contributed by atoms with Crippen molar-refractivity contribution in [3.05, 3.63) is 17.7 Å². The quantitative estimate of drug-likeness (QED) is 0.691. The van der Waals surface area contributed by atoms with Gasteiger partial charge in [-0.2, -0.15) is 0 Å². The van der Waals surface area contributed by atoms with Crippen LogP contribution in [0.15, 0.2) is 12.1 Å². The fourth-order valence-electron chi connectivity index (χ4n) is 2.55. The van der Waals surface area contributed by atoms with Gasteiger partial charge in [-0.25, -0.2) is 0 Å². The van der Waals surface area contributed by atoms with Gasteiger partial charge in [0.2, 0.25) is 6.79 Å². The number of carbonyl (C=O) groups is 1. The predicted molar refractivity (Wildman–Crippen MR) is 74.3 cm³/mol. The molecule has 21 heavy (non-hydrogen) atoms. The summed E-state index contributed by atoms with van der Waals surface area (Å²) in [5, 5.41) is 12.5. The summed E-state index contributed by atoms with van der Waals surface area (Å²) < 4.78 is 15.7. The highest BCUT2D eigenvalue weighted by Crippen LogP contribution is 2.36. The molecule has 7 heteroatoms. The molecule has 1 saturated heterocycles. The highest BCUT2D eigenvalue weighted by Gasteiger charge is 2.34. The van der Waals surface area contributed by atoms with Gasteiger partial charge in [0, 0.05) is 25.0 Å². The summed E-state index contributed by atoms with van der Waals surface area (Å²) >= 11 is 0. The van der Waals surface area contributed by atoms with E-state index < -0.39 is 5.54 Å². The summed E-state index contributed by atoms with van der Waals surface area (Å²) in [5.74, 6) is 0.702. The van der Waals surface area contributed by atoms with E-state index in [0.29, 0.717) is 48.8 Å². The van der Waals surface area contributed by atoms with Crippen molar-refractivity contribution in [3.63, 3.8) is 0 Å². The Balaban J connectivity index is 1.82. The Kier molecular flexibility index (Phi) is 3.60. The Labute approximate surface area is 122 Å². The molecule has 2 aliphatic rings. The number of nitrogens with one attached hydrogen (secondary N) is 1. The molecule has 0 radical (unpaired) electrons. The molecule has 0 unspecified atom stereocenters. The first-order valence-electron chi connectivity index (χ1n) is 6.84. The molecule has 0 spiro atoms. The van der Waals surface area contributed by atoms with E-state index in [-0.39, 0.29) is 19.3 Å². The van der Waals surface area contributed by atoms with E-state index in [1.165, 1.54) is 0 Å². The first kappa shape index (κ1) is 14.0. The zero-order valence-corrected chi connectivity index (χ0v) is 11.6. The molecule has 3 rings (SSSR count). The predicted octanol–water partition coefficient (Wildman–Crippen LogP) is 0.269. The van der Waals surface area contributed by atoms with Gasteiger partial charge in [-0.1, -0.05) is 0 Å². The standard InChI is InChI=1S/C14H18N2O5/c15-10-6-12-11(20-8-21-12)5-9(10)13(18)16-14(7-17)1-3-19-4-2-14/h5-6,17H,1-4,7-8,15H2,(H,16,18). The second-order valence-electron chi connectivity index (χ2n) is 5.30. The Morgan fingerprint density at radius 1 is 1.29 bits per heavy atom. The van der Waals surface area contributed by atoms with Gasteiger partial charge < -0.3 is 30.4 Å². The highest BCUT2D eigenvalue weighted by molar-refractivity contribution is 6.00. The van der Waals surface area contributed by atoms with Crippen molar-refractivity contribution in [2.45, 2.75) is 18.4 Å². The Morgan fingerprint density at radius 2 is 1.95 bits per heavy atom. The molecule has 0 bridgehead atoms. The maximum Gasteiger partial charge on any atom is 0.254 e. The number of ether oxygens (including phenoxy) is 3. The molecule has 1 fully saturated rings. The number of rotatable bonds is 3. The minimum atomic E-state index is -0.655. The number of nitrogens with two attached hydrogens (primary N) is 1. The van der Waals surface area contributed by atoms with Crippen molar-refractivity contribution in [1.29, 1.82) is 0 Å². The van der Waals surface area contributed by atoms with Gasteiger partial charge in [0.05, 0.1) is 17.7 Å². The van der Waals surface area contributed by atoms with Gasteiger partial charge in [-0.15, -0.1) is 0 Å². The highest BCUT2D eigenvalue weighted by atomic mass is 16.7. The molecule has 7 nitrogen and oxygen atoms in total. The van der Waals surface area contributed by atoms with Gasteiger partial charge >= 0.3 is 0 Å². The van der Waals surface area contributed by atoms with Crippen LogP contribution < -0.4 is 20.5 Å². The number of aliphatic hydroxyl groups excluding tert-OH is 1. The fourth-order valence-corrected chi connectivity index (χ4v) is 2.55. The molecule has 1 aromatic carbocycles. The van der Waals surface area contributed by atoms with Gasteiger partial charge in [0.15, 0.2) is 11.5 Å². The van der Waals surface area contributed by atoms with Crippen molar-refractivity contribution < 1.29 is 24.1 Å². The number of anilines is 1. The van der Waals surface area contributed by atoms with Crippen LogP contribution in [0.5, 0.6) is 11.5 Å². The molecule has 0 aromatic heterocycles. The average Bonchev–Trinajstić information content (AvgIpc) is 2.94. The summed E-state index contributed by atoms with van der Waals surface area (Å²) in [7, 11) is 0. The number of carbonyl (C=O) groups excluding carboxylic acids is 1. The van der Waals surface area contributed by atoms with Crippen molar-refractivity contribution >= 4 is 11.6 Å². The maximum absolute atomic E-state index is 12.5. The number of nitrogen functional groups attached to an aromatic ring is 1. The van der Waals surface area contributed by atoms with Crippen molar-refractivity contribution in [2.75, 3.05) is 32.3 Å². The maximum atomic E-state index is 12.5. The van der Waals surface area contributed by atoms with Crippen LogP contribution in [-0.2, 0) is 4.74 Å². The number of hydrogen-bond acceptors (Lipinski definition) is 6. The van der Waals surface area contributed by atoms with E-state index in [4.69, 9.17) is 19.9 Å². The zero-order chi connectivity index (χ0) is 14.9. The normalized spacial score (nSPS) is 19.3. The third-order valence-electron chi connectivity index (χ3n) is 3.92. The molecule has 2 heterocycles. The van der Waals surface area contributed by atoms with Gasteiger partial charge in [0.25, 0.3) is 5.91 Å². The van der Waals surface area contributed by atoms with Crippen molar-refractivity contribution in [1.82, 2.24) is 5.32 Å². The number of benzene rings is 1. The average molecular weight is 294 g/mol. The SMILES string of the molecule is Nc1cc2c(cc1C(=O)NC1(CO)CCOCC1)OCO2. The Morgan fingerprint density at radius 3 is 2.62 bits per heavy atom.